The quantitative estimate of drug-likeness (QED) is 0.111. The molecule has 8 nitrogen and oxygen atoms in total. The summed E-state index contributed by atoms with van der Waals surface area (Å²) < 4.78 is 24.0. The fourth-order valence-corrected chi connectivity index (χ4v) is 9.97. The molecule has 8 heterocycles. The summed E-state index contributed by atoms with van der Waals surface area (Å²) >= 11 is 0. The predicted molar refractivity (Wildman–Crippen MR) is 312 cm³/mol. The van der Waals surface area contributed by atoms with E-state index in [0.717, 1.165) is 117 Å². The summed E-state index contributed by atoms with van der Waals surface area (Å²) in [4.78, 5) is 4.46. The van der Waals surface area contributed by atoms with Crippen molar-refractivity contribution < 1.29 is 17.7 Å². The minimum atomic E-state index is 0.856. The van der Waals surface area contributed by atoms with Crippen molar-refractivity contribution in [2.24, 2.45) is 0 Å². The first-order valence-corrected chi connectivity index (χ1v) is 25.2. The Morgan fingerprint density at radius 1 is 0.408 bits per heavy atom. The van der Waals surface area contributed by atoms with Crippen LogP contribution >= 0.6 is 0 Å². The lowest BCUT2D eigenvalue weighted by Crippen LogP contribution is -1.99. The molecular formula is C68H47N4O4-3. The van der Waals surface area contributed by atoms with Gasteiger partial charge in [-0.3, -0.25) is 18.2 Å². The van der Waals surface area contributed by atoms with E-state index in [0.29, 0.717) is 0 Å². The average molecular weight is 984 g/mol. The number of pyridine rings is 1. The molecule has 0 radical (unpaired) electrons. The van der Waals surface area contributed by atoms with Gasteiger partial charge in [-0.05, 0) is 42.4 Å². The predicted octanol–water partition coefficient (Wildman–Crippen LogP) is 18.0. The van der Waals surface area contributed by atoms with Crippen molar-refractivity contribution in [2.75, 3.05) is 16.0 Å². The van der Waals surface area contributed by atoms with Crippen LogP contribution in [0.3, 0.4) is 0 Å². The van der Waals surface area contributed by atoms with Gasteiger partial charge in [-0.15, -0.1) is 36.5 Å². The van der Waals surface area contributed by atoms with E-state index in [1.807, 2.05) is 183 Å². The van der Waals surface area contributed by atoms with E-state index in [2.05, 4.69) is 107 Å². The number of aromatic nitrogens is 1. The lowest BCUT2D eigenvalue weighted by molar-refractivity contribution is 0.601. The molecule has 8 heteroatoms. The third kappa shape index (κ3) is 8.65. The second-order valence-corrected chi connectivity index (χ2v) is 18.2. The van der Waals surface area contributed by atoms with Crippen LogP contribution in [0.2, 0.25) is 0 Å². The first-order chi connectivity index (χ1) is 37.7. The lowest BCUT2D eigenvalue weighted by Gasteiger charge is -2.21. The minimum Gasteiger partial charge on any atom is -0.454 e. The summed E-state index contributed by atoms with van der Waals surface area (Å²) in [5.74, 6) is 2.74. The second kappa shape index (κ2) is 20.2. The highest BCUT2D eigenvalue weighted by Gasteiger charge is 2.23. The number of fused-ring (bicyclic) bond motifs is 12. The normalized spacial score (nSPS) is 17.9. The molecule has 0 bridgehead atoms. The Kier molecular flexibility index (Phi) is 12.1. The van der Waals surface area contributed by atoms with Gasteiger partial charge in [0.15, 0.2) is 5.58 Å². The van der Waals surface area contributed by atoms with Crippen molar-refractivity contribution in [3.8, 4) is 11.1 Å². The van der Waals surface area contributed by atoms with Gasteiger partial charge in [-0.25, -0.2) is 0 Å². The Morgan fingerprint density at radius 3 is 1.25 bits per heavy atom. The minimum absolute atomic E-state index is 0.856. The first kappa shape index (κ1) is 45.4. The van der Waals surface area contributed by atoms with Crippen LogP contribution in [-0.4, -0.2) is 4.98 Å². The smallest absolute Gasteiger partial charge is 0.271 e. The van der Waals surface area contributed by atoms with Crippen molar-refractivity contribution in [1.29, 1.82) is 0 Å². The maximum Gasteiger partial charge on any atom is 0.271 e. The molecule has 0 fully saturated rings. The Labute approximate surface area is 439 Å². The molecule has 76 heavy (non-hydrogen) atoms. The molecule has 5 aromatic carbocycles. The highest BCUT2D eigenvalue weighted by molar-refractivity contribution is 6.07. The topological polar surface area (TPSA) is 96.0 Å². The van der Waals surface area contributed by atoms with E-state index in [4.69, 9.17) is 17.7 Å². The van der Waals surface area contributed by atoms with Crippen molar-refractivity contribution in [1.82, 2.24) is 4.98 Å². The molecule has 0 saturated heterocycles. The second-order valence-electron chi connectivity index (χ2n) is 18.2. The Bertz CT molecular complexity index is 3960. The molecule has 5 aromatic heterocycles. The van der Waals surface area contributed by atoms with Crippen LogP contribution < -0.4 is 16.0 Å². The Balaban J connectivity index is 0.0000000970. The number of nitrogens with one attached hydrogen (secondary N) is 3. The largest absolute Gasteiger partial charge is 0.454 e. The van der Waals surface area contributed by atoms with Crippen LogP contribution in [0.25, 0.3) is 82.8 Å². The summed E-state index contributed by atoms with van der Waals surface area (Å²) in [6.45, 7) is 0. The maximum absolute atomic E-state index is 6.01. The van der Waals surface area contributed by atoms with Crippen LogP contribution in [-0.2, 0) is 0 Å². The third-order valence-corrected chi connectivity index (χ3v) is 13.6. The molecule has 10 aromatic rings. The van der Waals surface area contributed by atoms with Crippen LogP contribution in [0.4, 0.5) is 17.1 Å². The van der Waals surface area contributed by atoms with Crippen molar-refractivity contribution >= 4 is 88.8 Å². The molecule has 3 N–H and O–H groups in total. The van der Waals surface area contributed by atoms with E-state index in [9.17, 15) is 0 Å². The molecule has 0 atom stereocenters. The Hall–Kier alpha value is -10.4. The number of furan rings is 4. The van der Waals surface area contributed by atoms with Gasteiger partial charge in [0.1, 0.15) is 11.1 Å². The van der Waals surface area contributed by atoms with Crippen LogP contribution in [0, 0.1) is 19.3 Å². The van der Waals surface area contributed by atoms with Gasteiger partial charge in [0.25, 0.3) is 34.0 Å². The zero-order chi connectivity index (χ0) is 50.6. The fraction of sp³-hybridized carbons (Fsp3) is 0. The molecule has 6 aliphatic rings. The van der Waals surface area contributed by atoms with E-state index >= 15 is 0 Å². The molecular weight excluding hydrogens is 937 g/mol. The maximum atomic E-state index is 6.01. The van der Waals surface area contributed by atoms with Crippen molar-refractivity contribution in [3.63, 3.8) is 0 Å². The zero-order valence-corrected chi connectivity index (χ0v) is 41.0. The van der Waals surface area contributed by atoms with Gasteiger partial charge in [0.2, 0.25) is 0 Å². The van der Waals surface area contributed by atoms with Crippen LogP contribution in [0.5, 0.6) is 0 Å². The fourth-order valence-electron chi connectivity index (χ4n) is 9.97. The van der Waals surface area contributed by atoms with Crippen molar-refractivity contribution in [3.05, 3.63) is 303 Å². The standard InChI is InChI=1S/3C17H12NO.C17H11NO/c4*1-2-6-12(7-3-1)13-10-11-18-16-14-8-4-5-9-15(14)19-17(13)16/h3*1-11,18H;1-11H/q3*-1;. The van der Waals surface area contributed by atoms with Gasteiger partial charge < -0.3 is 20.4 Å². The molecule has 16 rings (SSSR count). The zero-order valence-electron chi connectivity index (χ0n) is 41.0. The summed E-state index contributed by atoms with van der Waals surface area (Å²) in [6, 6.07) is 44.5. The number of anilines is 3. The highest BCUT2D eigenvalue weighted by atomic mass is 16.3. The molecule has 0 saturated carbocycles. The molecule has 3 aliphatic carbocycles. The number of para-hydroxylation sites is 4. The van der Waals surface area contributed by atoms with E-state index in [1.54, 1.807) is 0 Å². The third-order valence-electron chi connectivity index (χ3n) is 13.6. The van der Waals surface area contributed by atoms with E-state index in [-0.39, 0.29) is 0 Å². The SMILES string of the molecule is C1=C[CH-]/C(=C2/C=CNc3c4ccccc4[o+][c-]32)C=C1.C1=C[CH-]C(=C2C=CNc3c4ccccc4[o+][c-]32)C=C1.C1=C[CH-]C(=C2C=CNc3c4ccccc4[o+][c-]32)C=C1.c1ccc(-c2ccnc3c2oc2ccccc23)cc1. The molecule has 3 aliphatic heterocycles. The molecule has 0 spiro atoms. The average Bonchev–Trinajstić information content (AvgIpc) is 4.31. The number of hydrogen-bond acceptors (Lipinski definition) is 5. The first-order valence-electron chi connectivity index (χ1n) is 25.2. The van der Waals surface area contributed by atoms with Gasteiger partial charge in [-0.2, -0.15) is 90.7 Å². The van der Waals surface area contributed by atoms with Gasteiger partial charge in [-0.1, -0.05) is 114 Å². The summed E-state index contributed by atoms with van der Waals surface area (Å²) in [6.07, 6.45) is 44.8. The monoisotopic (exact) mass is 983 g/mol. The van der Waals surface area contributed by atoms with Crippen LogP contribution in [0.15, 0.2) is 284 Å². The highest BCUT2D eigenvalue weighted by Crippen LogP contribution is 2.43. The molecule has 0 unspecified atom stereocenters. The number of hydrogen-bond donors (Lipinski definition) is 3. The number of benzene rings is 5. The van der Waals surface area contributed by atoms with Crippen LogP contribution in [0.1, 0.15) is 17.3 Å². The van der Waals surface area contributed by atoms with Gasteiger partial charge in [0, 0.05) is 51.5 Å². The number of rotatable bonds is 1. The number of allylic oxidation sites excluding steroid dienone is 21. The van der Waals surface area contributed by atoms with Gasteiger partial charge in [0.05, 0.1) is 17.1 Å². The van der Waals surface area contributed by atoms with Crippen molar-refractivity contribution in [2.45, 2.75) is 0 Å². The van der Waals surface area contributed by atoms with E-state index in [1.165, 1.54) is 16.7 Å². The Morgan fingerprint density at radius 2 is 0.816 bits per heavy atom. The summed E-state index contributed by atoms with van der Waals surface area (Å²) in [5.41, 5.74) is 17.6. The molecule has 366 valence electrons. The van der Waals surface area contributed by atoms with E-state index < -0.39 is 0 Å². The molecule has 0 amide bonds. The summed E-state index contributed by atoms with van der Waals surface area (Å²) in [5, 5.41) is 14.3. The lowest BCUT2D eigenvalue weighted by atomic mass is 9.97. The van der Waals surface area contributed by atoms with Gasteiger partial charge >= 0.3 is 0 Å². The summed E-state index contributed by atoms with van der Waals surface area (Å²) in [7, 11) is 0. The number of nitrogens with zero attached hydrogens (tertiary/aromatic N) is 1.